The van der Waals surface area contributed by atoms with Crippen molar-refractivity contribution in [3.8, 4) is 5.00 Å². The van der Waals surface area contributed by atoms with Crippen LogP contribution in [0.5, 0.6) is 0 Å². The molecule has 2 unspecified atom stereocenters. The quantitative estimate of drug-likeness (QED) is 0.712. The van der Waals surface area contributed by atoms with Crippen LogP contribution in [0, 0.1) is 26.7 Å². The molecular formula is C20H20ClN5S. The molecule has 1 aromatic carbocycles. The third kappa shape index (κ3) is 2.30. The first-order valence-electron chi connectivity index (χ1n) is 9.05. The fourth-order valence-electron chi connectivity index (χ4n) is 4.06. The number of hydrogen-bond acceptors (Lipinski definition) is 5. The van der Waals surface area contributed by atoms with Gasteiger partial charge in [-0.25, -0.2) is 0 Å². The molecule has 2 aromatic heterocycles. The van der Waals surface area contributed by atoms with Crippen LogP contribution in [0.15, 0.2) is 29.3 Å². The van der Waals surface area contributed by atoms with Crippen molar-refractivity contribution >= 4 is 28.6 Å². The molecule has 5 nitrogen and oxygen atoms in total. The predicted octanol–water partition coefficient (Wildman–Crippen LogP) is 3.93. The second-order valence-electron chi connectivity index (χ2n) is 7.40. The number of fused-ring (bicyclic) bond motifs is 4. The molecule has 0 radical (unpaired) electrons. The van der Waals surface area contributed by atoms with Crippen molar-refractivity contribution in [1.29, 1.82) is 0 Å². The van der Waals surface area contributed by atoms with Gasteiger partial charge in [0.2, 0.25) is 0 Å². The van der Waals surface area contributed by atoms with Crippen molar-refractivity contribution in [2.75, 3.05) is 6.54 Å². The molecule has 1 aliphatic carbocycles. The lowest BCUT2D eigenvalue weighted by Gasteiger charge is -2.12. The van der Waals surface area contributed by atoms with Crippen LogP contribution in [0.1, 0.15) is 39.6 Å². The molecule has 0 saturated heterocycles. The van der Waals surface area contributed by atoms with E-state index in [4.69, 9.17) is 22.3 Å². The van der Waals surface area contributed by atoms with Crippen molar-refractivity contribution in [2.24, 2.45) is 16.6 Å². The lowest BCUT2D eigenvalue weighted by atomic mass is 9.99. The summed E-state index contributed by atoms with van der Waals surface area (Å²) in [6, 6.07) is 7.93. The fourth-order valence-corrected chi connectivity index (χ4v) is 5.39. The molecule has 1 spiro atoms. The number of rotatable bonds is 2. The van der Waals surface area contributed by atoms with Crippen molar-refractivity contribution in [2.45, 2.75) is 32.7 Å². The molecule has 2 atom stereocenters. The first kappa shape index (κ1) is 17.1. The first-order valence-corrected chi connectivity index (χ1v) is 10.2. The summed E-state index contributed by atoms with van der Waals surface area (Å²) in [6.45, 7) is 6.92. The normalized spacial score (nSPS) is 23.0. The van der Waals surface area contributed by atoms with Crippen LogP contribution in [0.25, 0.3) is 5.00 Å². The van der Waals surface area contributed by atoms with Crippen molar-refractivity contribution in [3.05, 3.63) is 62.5 Å². The van der Waals surface area contributed by atoms with Crippen LogP contribution >= 0.6 is 22.9 Å². The molecule has 1 saturated carbocycles. The van der Waals surface area contributed by atoms with Crippen LogP contribution < -0.4 is 5.73 Å². The number of halogens is 1. The van der Waals surface area contributed by atoms with E-state index in [1.807, 2.05) is 31.2 Å². The Balaban J connectivity index is 1.86. The van der Waals surface area contributed by atoms with E-state index in [1.54, 1.807) is 11.3 Å². The second kappa shape index (κ2) is 5.74. The summed E-state index contributed by atoms with van der Waals surface area (Å²) in [4.78, 5) is 6.60. The lowest BCUT2D eigenvalue weighted by Crippen LogP contribution is -2.18. The standard InChI is InChI=1S/C20H20ClN5S/c1-10-11(2)27-18-16(10)17(13-4-6-15(21)7-5-13)23-20(8-14(20)9-22)19-25-24-12(3)26(18)19/h4-7,14H,8-9,22H2,1-3H3. The molecule has 2 N–H and O–H groups in total. The van der Waals surface area contributed by atoms with E-state index in [1.165, 1.54) is 16.0 Å². The summed E-state index contributed by atoms with van der Waals surface area (Å²) >= 11 is 7.91. The Labute approximate surface area is 166 Å². The van der Waals surface area contributed by atoms with Gasteiger partial charge in [0, 0.05) is 26.9 Å². The summed E-state index contributed by atoms with van der Waals surface area (Å²) < 4.78 is 2.20. The van der Waals surface area contributed by atoms with E-state index in [0.717, 1.165) is 39.4 Å². The van der Waals surface area contributed by atoms with E-state index in [-0.39, 0.29) is 11.5 Å². The Hall–Kier alpha value is -2.02. The van der Waals surface area contributed by atoms with E-state index in [2.05, 4.69) is 28.6 Å². The van der Waals surface area contributed by atoms with Gasteiger partial charge in [0.1, 0.15) is 16.4 Å². The van der Waals surface area contributed by atoms with Crippen LogP contribution in [0.4, 0.5) is 0 Å². The van der Waals surface area contributed by atoms with Gasteiger partial charge < -0.3 is 5.73 Å². The minimum atomic E-state index is -0.385. The molecule has 2 aliphatic rings. The zero-order valence-electron chi connectivity index (χ0n) is 15.5. The average Bonchev–Trinajstić information content (AvgIpc) is 3.15. The van der Waals surface area contributed by atoms with Crippen molar-refractivity contribution < 1.29 is 0 Å². The molecule has 3 heterocycles. The number of nitrogens with zero attached hydrogens (tertiary/aromatic N) is 4. The minimum absolute atomic E-state index is 0.289. The lowest BCUT2D eigenvalue weighted by molar-refractivity contribution is 0.588. The Kier molecular flexibility index (Phi) is 3.63. The minimum Gasteiger partial charge on any atom is -0.330 e. The van der Waals surface area contributed by atoms with Gasteiger partial charge in [-0.15, -0.1) is 21.5 Å². The van der Waals surface area contributed by atoms with Gasteiger partial charge in [-0.1, -0.05) is 23.7 Å². The van der Waals surface area contributed by atoms with Gasteiger partial charge >= 0.3 is 0 Å². The molecule has 5 rings (SSSR count). The Morgan fingerprint density at radius 1 is 1.22 bits per heavy atom. The number of benzene rings is 1. The summed E-state index contributed by atoms with van der Waals surface area (Å²) in [7, 11) is 0. The summed E-state index contributed by atoms with van der Waals surface area (Å²) in [6.07, 6.45) is 0.908. The summed E-state index contributed by atoms with van der Waals surface area (Å²) in [5, 5.41) is 10.8. The van der Waals surface area contributed by atoms with Crippen LogP contribution in [0.2, 0.25) is 5.02 Å². The van der Waals surface area contributed by atoms with Gasteiger partial charge in [0.05, 0.1) is 5.71 Å². The maximum Gasteiger partial charge on any atom is 0.166 e. The maximum absolute atomic E-state index is 6.13. The molecular weight excluding hydrogens is 378 g/mol. The van der Waals surface area contributed by atoms with Gasteiger partial charge in [-0.05, 0) is 51.4 Å². The molecule has 1 aliphatic heterocycles. The van der Waals surface area contributed by atoms with Gasteiger partial charge in [0.25, 0.3) is 0 Å². The largest absolute Gasteiger partial charge is 0.330 e. The van der Waals surface area contributed by atoms with Crippen LogP contribution in [-0.4, -0.2) is 27.0 Å². The zero-order chi connectivity index (χ0) is 18.9. The smallest absolute Gasteiger partial charge is 0.166 e. The van der Waals surface area contributed by atoms with Crippen LogP contribution in [-0.2, 0) is 5.54 Å². The average molecular weight is 398 g/mol. The highest BCUT2D eigenvalue weighted by atomic mass is 35.5. The van der Waals surface area contributed by atoms with E-state index >= 15 is 0 Å². The molecule has 1 fully saturated rings. The SMILES string of the molecule is Cc1sc2c(c1C)C(c1ccc(Cl)cc1)=NC1(CC1CN)c1nnc(C)n1-2. The van der Waals surface area contributed by atoms with Gasteiger partial charge in [-0.2, -0.15) is 0 Å². The predicted molar refractivity (Wildman–Crippen MR) is 109 cm³/mol. The van der Waals surface area contributed by atoms with E-state index < -0.39 is 0 Å². The molecule has 0 bridgehead atoms. The highest BCUT2D eigenvalue weighted by Gasteiger charge is 2.60. The number of nitrogens with two attached hydrogens (primary N) is 1. The Morgan fingerprint density at radius 3 is 2.63 bits per heavy atom. The molecule has 3 aromatic rings. The third-order valence-corrected chi connectivity index (χ3v) is 7.25. The van der Waals surface area contributed by atoms with E-state index in [0.29, 0.717) is 6.54 Å². The molecule has 27 heavy (non-hydrogen) atoms. The Morgan fingerprint density at radius 2 is 1.96 bits per heavy atom. The van der Waals surface area contributed by atoms with Gasteiger partial charge in [-0.3, -0.25) is 9.56 Å². The first-order chi connectivity index (χ1) is 13.0. The number of aromatic nitrogens is 3. The zero-order valence-corrected chi connectivity index (χ0v) is 17.0. The topological polar surface area (TPSA) is 69.1 Å². The third-order valence-electron chi connectivity index (χ3n) is 5.81. The number of aryl methyl sites for hydroxylation is 2. The number of hydrogen-bond donors (Lipinski definition) is 1. The Bertz CT molecular complexity index is 1090. The second-order valence-corrected chi connectivity index (χ2v) is 9.04. The van der Waals surface area contributed by atoms with Crippen LogP contribution in [0.3, 0.4) is 0 Å². The highest BCUT2D eigenvalue weighted by molar-refractivity contribution is 7.15. The van der Waals surface area contributed by atoms with Crippen molar-refractivity contribution in [3.63, 3.8) is 0 Å². The maximum atomic E-state index is 6.13. The monoisotopic (exact) mass is 397 g/mol. The molecule has 138 valence electrons. The van der Waals surface area contributed by atoms with E-state index in [9.17, 15) is 0 Å². The van der Waals surface area contributed by atoms with Gasteiger partial charge in [0.15, 0.2) is 5.82 Å². The number of aliphatic imine (C=N–C) groups is 1. The number of thiophene rings is 1. The highest BCUT2D eigenvalue weighted by Crippen LogP contribution is 2.57. The molecule has 0 amide bonds. The summed E-state index contributed by atoms with van der Waals surface area (Å²) in [5.41, 5.74) is 10.2. The summed E-state index contributed by atoms with van der Waals surface area (Å²) in [5.74, 6) is 2.10. The molecule has 7 heteroatoms. The fraction of sp³-hybridized carbons (Fsp3) is 0.350. The van der Waals surface area contributed by atoms with Crippen molar-refractivity contribution in [1.82, 2.24) is 14.8 Å².